The second-order valence-corrected chi connectivity index (χ2v) is 9.24. The summed E-state index contributed by atoms with van der Waals surface area (Å²) < 4.78 is 7.53. The number of hydrogen-bond acceptors (Lipinski definition) is 7. The summed E-state index contributed by atoms with van der Waals surface area (Å²) in [6.07, 6.45) is 0.878. The van der Waals surface area contributed by atoms with E-state index in [0.29, 0.717) is 30.7 Å². The van der Waals surface area contributed by atoms with Gasteiger partial charge in [0.15, 0.2) is 5.16 Å². The Morgan fingerprint density at radius 1 is 1.09 bits per heavy atom. The highest BCUT2D eigenvalue weighted by Crippen LogP contribution is 2.27. The van der Waals surface area contributed by atoms with Crippen molar-refractivity contribution in [3.05, 3.63) is 60.2 Å². The van der Waals surface area contributed by atoms with Gasteiger partial charge in [0.1, 0.15) is 0 Å². The standard InChI is InChI=1S/C25H32N6O2S/c1-20-9-11-22(12-10-20)31-24(30-15-17-33-18-16-30)27-28-25(31)34-19-23(32)26-13-6-14-29(2)21-7-4-3-5-8-21/h3-5,7-12H,6,13-19H2,1-2H3,(H,26,32). The van der Waals surface area contributed by atoms with Crippen molar-refractivity contribution in [3.63, 3.8) is 0 Å². The van der Waals surface area contributed by atoms with Crippen molar-refractivity contribution in [2.75, 3.05) is 62.0 Å². The van der Waals surface area contributed by atoms with Crippen molar-refractivity contribution >= 4 is 29.3 Å². The number of carbonyl (C=O) groups is 1. The zero-order valence-corrected chi connectivity index (χ0v) is 20.6. The number of ether oxygens (including phenoxy) is 1. The maximum atomic E-state index is 12.5. The fraction of sp³-hybridized carbons (Fsp3) is 0.400. The van der Waals surface area contributed by atoms with Gasteiger partial charge >= 0.3 is 0 Å². The first-order valence-corrected chi connectivity index (χ1v) is 12.6. The molecular weight excluding hydrogens is 448 g/mol. The van der Waals surface area contributed by atoms with Crippen molar-refractivity contribution in [1.29, 1.82) is 0 Å². The molecule has 0 bridgehead atoms. The van der Waals surface area contributed by atoms with Crippen LogP contribution in [0.1, 0.15) is 12.0 Å². The molecule has 3 aromatic rings. The van der Waals surface area contributed by atoms with Gasteiger partial charge in [0.25, 0.3) is 0 Å². The molecule has 2 aromatic carbocycles. The molecule has 1 N–H and O–H groups in total. The second kappa shape index (κ2) is 11.9. The average Bonchev–Trinajstić information content (AvgIpc) is 3.31. The van der Waals surface area contributed by atoms with Crippen molar-refractivity contribution in [3.8, 4) is 5.69 Å². The number of thioether (sulfide) groups is 1. The van der Waals surface area contributed by atoms with Crippen LogP contribution in [0, 0.1) is 6.92 Å². The molecule has 0 radical (unpaired) electrons. The van der Waals surface area contributed by atoms with Crippen LogP contribution in [0.5, 0.6) is 0 Å². The van der Waals surface area contributed by atoms with E-state index in [0.717, 1.165) is 37.7 Å². The predicted molar refractivity (Wildman–Crippen MR) is 137 cm³/mol. The summed E-state index contributed by atoms with van der Waals surface area (Å²) in [5.41, 5.74) is 3.36. The number of para-hydroxylation sites is 1. The van der Waals surface area contributed by atoms with Crippen LogP contribution in [0.15, 0.2) is 59.8 Å². The molecule has 4 rings (SSSR count). The summed E-state index contributed by atoms with van der Waals surface area (Å²) in [5, 5.41) is 12.6. The maximum Gasteiger partial charge on any atom is 0.232 e. The van der Waals surface area contributed by atoms with Crippen LogP contribution in [-0.2, 0) is 9.53 Å². The minimum absolute atomic E-state index is 0.00116. The minimum atomic E-state index is -0.00116. The molecule has 1 saturated heterocycles. The van der Waals surface area contributed by atoms with Crippen LogP contribution in [-0.4, -0.2) is 72.9 Å². The molecule has 8 nitrogen and oxygen atoms in total. The Kier molecular flexibility index (Phi) is 8.43. The first-order chi connectivity index (χ1) is 16.6. The van der Waals surface area contributed by atoms with E-state index in [1.54, 1.807) is 0 Å². The third-order valence-corrected chi connectivity index (χ3v) is 6.65. The lowest BCUT2D eigenvalue weighted by Gasteiger charge is -2.28. The molecular formula is C25H32N6O2S. The van der Waals surface area contributed by atoms with Gasteiger partial charge in [0.05, 0.1) is 24.7 Å². The third-order valence-electron chi connectivity index (χ3n) is 5.72. The molecule has 0 aliphatic carbocycles. The lowest BCUT2D eigenvalue weighted by atomic mass is 10.2. The summed E-state index contributed by atoms with van der Waals surface area (Å²) in [7, 11) is 2.07. The molecule has 180 valence electrons. The second-order valence-electron chi connectivity index (χ2n) is 8.30. The number of nitrogens with zero attached hydrogens (tertiary/aromatic N) is 5. The smallest absolute Gasteiger partial charge is 0.232 e. The number of rotatable bonds is 10. The molecule has 1 aromatic heterocycles. The number of amides is 1. The zero-order valence-electron chi connectivity index (χ0n) is 19.8. The number of morpholine rings is 1. The molecule has 0 atom stereocenters. The van der Waals surface area contributed by atoms with Gasteiger partial charge in [-0.2, -0.15) is 0 Å². The fourth-order valence-corrected chi connectivity index (χ4v) is 4.56. The highest BCUT2D eigenvalue weighted by Gasteiger charge is 2.22. The van der Waals surface area contributed by atoms with Crippen LogP contribution >= 0.6 is 11.8 Å². The van der Waals surface area contributed by atoms with E-state index in [9.17, 15) is 4.79 Å². The maximum absolute atomic E-state index is 12.5. The number of carbonyl (C=O) groups excluding carboxylic acids is 1. The SMILES string of the molecule is Cc1ccc(-n2c(SCC(=O)NCCCN(C)c3ccccc3)nnc2N2CCOCC2)cc1. The molecule has 1 fully saturated rings. The first-order valence-electron chi connectivity index (χ1n) is 11.6. The van der Waals surface area contributed by atoms with Gasteiger partial charge in [-0.15, -0.1) is 10.2 Å². The monoisotopic (exact) mass is 480 g/mol. The zero-order chi connectivity index (χ0) is 23.8. The summed E-state index contributed by atoms with van der Waals surface area (Å²) in [6.45, 7) is 6.47. The quantitative estimate of drug-likeness (QED) is 0.353. The summed E-state index contributed by atoms with van der Waals surface area (Å²) in [5.74, 6) is 1.08. The number of hydrogen-bond donors (Lipinski definition) is 1. The lowest BCUT2D eigenvalue weighted by molar-refractivity contribution is -0.118. The average molecular weight is 481 g/mol. The van der Waals surface area contributed by atoms with Crippen LogP contribution in [0.4, 0.5) is 11.6 Å². The third kappa shape index (κ3) is 6.30. The Bertz CT molecular complexity index is 1050. The normalized spacial score (nSPS) is 13.6. The number of nitrogens with one attached hydrogen (secondary N) is 1. The number of benzene rings is 2. The van der Waals surface area contributed by atoms with Gasteiger partial charge in [-0.1, -0.05) is 47.7 Å². The van der Waals surface area contributed by atoms with Crippen LogP contribution in [0.3, 0.4) is 0 Å². The molecule has 0 unspecified atom stereocenters. The Labute approximate surface area is 205 Å². The molecule has 0 spiro atoms. The Morgan fingerprint density at radius 2 is 1.82 bits per heavy atom. The van der Waals surface area contributed by atoms with Crippen LogP contribution in [0.2, 0.25) is 0 Å². The van der Waals surface area contributed by atoms with Gasteiger partial charge < -0.3 is 19.9 Å². The van der Waals surface area contributed by atoms with E-state index in [1.807, 2.05) is 22.8 Å². The van der Waals surface area contributed by atoms with Crippen molar-refractivity contribution < 1.29 is 9.53 Å². The summed E-state index contributed by atoms with van der Waals surface area (Å²) >= 11 is 1.41. The van der Waals surface area contributed by atoms with Crippen molar-refractivity contribution in [2.24, 2.45) is 0 Å². The Hall–Kier alpha value is -3.04. The summed E-state index contributed by atoms with van der Waals surface area (Å²) in [4.78, 5) is 16.9. The van der Waals surface area contributed by atoms with Gasteiger partial charge in [0, 0.05) is 38.9 Å². The molecule has 1 aliphatic heterocycles. The van der Waals surface area contributed by atoms with E-state index in [2.05, 4.69) is 75.7 Å². The van der Waals surface area contributed by atoms with E-state index in [-0.39, 0.29) is 5.91 Å². The molecule has 34 heavy (non-hydrogen) atoms. The highest BCUT2D eigenvalue weighted by atomic mass is 32.2. The largest absolute Gasteiger partial charge is 0.378 e. The molecule has 1 aliphatic rings. The Balaban J connectivity index is 1.33. The summed E-state index contributed by atoms with van der Waals surface area (Å²) in [6, 6.07) is 18.5. The van der Waals surface area contributed by atoms with Gasteiger partial charge in [-0.05, 0) is 37.6 Å². The number of aryl methyl sites for hydroxylation is 1. The number of anilines is 2. The fourth-order valence-electron chi connectivity index (χ4n) is 3.78. The minimum Gasteiger partial charge on any atom is -0.378 e. The Morgan fingerprint density at radius 3 is 2.56 bits per heavy atom. The lowest BCUT2D eigenvalue weighted by Crippen LogP contribution is -2.37. The van der Waals surface area contributed by atoms with E-state index in [4.69, 9.17) is 4.74 Å². The van der Waals surface area contributed by atoms with Gasteiger partial charge in [0.2, 0.25) is 11.9 Å². The van der Waals surface area contributed by atoms with Gasteiger partial charge in [-0.25, -0.2) is 0 Å². The first kappa shape index (κ1) is 24.1. The van der Waals surface area contributed by atoms with E-state index in [1.165, 1.54) is 23.0 Å². The molecule has 9 heteroatoms. The molecule has 0 saturated carbocycles. The number of aromatic nitrogens is 3. The van der Waals surface area contributed by atoms with Crippen molar-refractivity contribution in [2.45, 2.75) is 18.5 Å². The van der Waals surface area contributed by atoms with Crippen LogP contribution in [0.25, 0.3) is 5.69 Å². The molecule has 2 heterocycles. The molecule has 1 amide bonds. The van der Waals surface area contributed by atoms with Crippen molar-refractivity contribution in [1.82, 2.24) is 20.1 Å². The van der Waals surface area contributed by atoms with E-state index < -0.39 is 0 Å². The predicted octanol–water partition coefficient (Wildman–Crippen LogP) is 3.15. The van der Waals surface area contributed by atoms with E-state index >= 15 is 0 Å². The van der Waals surface area contributed by atoms with Gasteiger partial charge in [-0.3, -0.25) is 9.36 Å². The van der Waals surface area contributed by atoms with Crippen LogP contribution < -0.4 is 15.1 Å². The topological polar surface area (TPSA) is 75.5 Å². The highest BCUT2D eigenvalue weighted by molar-refractivity contribution is 7.99.